The van der Waals surface area contributed by atoms with Gasteiger partial charge in [-0.1, -0.05) is 0 Å². The van der Waals surface area contributed by atoms with Crippen molar-refractivity contribution >= 4 is 33.6 Å². The van der Waals surface area contributed by atoms with Crippen molar-refractivity contribution in [3.8, 4) is 0 Å². The molecule has 0 amide bonds. The van der Waals surface area contributed by atoms with Crippen LogP contribution in [0.1, 0.15) is 0 Å². The molecule has 7 heteroatoms. The number of aromatic nitrogens is 1. The van der Waals surface area contributed by atoms with Crippen molar-refractivity contribution in [1.82, 2.24) is 4.98 Å². The number of anilines is 2. The number of nitrogen functional groups attached to an aromatic ring is 1. The molecule has 1 aromatic rings. The van der Waals surface area contributed by atoms with Gasteiger partial charge in [-0.2, -0.15) is 0 Å². The zero-order chi connectivity index (χ0) is 7.56. The Hall–Kier alpha value is -0.660. The zero-order valence-corrected chi connectivity index (χ0v) is 6.41. The second-order valence-corrected chi connectivity index (χ2v) is 3.01. The van der Waals surface area contributed by atoms with Crippen molar-refractivity contribution in [3.63, 3.8) is 0 Å². The van der Waals surface area contributed by atoms with E-state index in [1.807, 2.05) is 0 Å². The summed E-state index contributed by atoms with van der Waals surface area (Å²) in [5.74, 6) is 0.323. The van der Waals surface area contributed by atoms with Gasteiger partial charge < -0.3 is 5.73 Å². The largest absolute Gasteiger partial charge is 0.375 e. The average molecular weight is 179 g/mol. The maximum absolute atomic E-state index is 10.1. The Kier molecular flexibility index (Phi) is 2.20. The van der Waals surface area contributed by atoms with Gasteiger partial charge in [0.15, 0.2) is 10.9 Å². The van der Waals surface area contributed by atoms with E-state index in [4.69, 9.17) is 10.3 Å². The molecule has 1 rings (SSSR count). The highest BCUT2D eigenvalue weighted by molar-refractivity contribution is 7.80. The fourth-order valence-corrected chi connectivity index (χ4v) is 1.28. The zero-order valence-electron chi connectivity index (χ0n) is 4.77. The van der Waals surface area contributed by atoms with E-state index >= 15 is 0 Å². The van der Waals surface area contributed by atoms with Crippen LogP contribution in [0.15, 0.2) is 5.38 Å². The number of hydrogen-bond acceptors (Lipinski definition) is 4. The minimum absolute atomic E-state index is 0.323. The van der Waals surface area contributed by atoms with Gasteiger partial charge in [-0.25, -0.2) is 9.19 Å². The van der Waals surface area contributed by atoms with Crippen LogP contribution in [0.5, 0.6) is 0 Å². The highest BCUT2D eigenvalue weighted by Gasteiger charge is 1.98. The highest BCUT2D eigenvalue weighted by Crippen LogP contribution is 2.15. The summed E-state index contributed by atoms with van der Waals surface area (Å²) >= 11 is -0.860. The molecule has 1 atom stereocenters. The van der Waals surface area contributed by atoms with E-state index in [0.29, 0.717) is 10.9 Å². The lowest BCUT2D eigenvalue weighted by Gasteiger charge is -1.91. The van der Waals surface area contributed by atoms with Gasteiger partial charge in [0.25, 0.3) is 11.3 Å². The van der Waals surface area contributed by atoms with Gasteiger partial charge in [-0.15, -0.1) is 11.3 Å². The van der Waals surface area contributed by atoms with Crippen molar-refractivity contribution < 1.29 is 8.76 Å². The van der Waals surface area contributed by atoms with E-state index in [0.717, 1.165) is 0 Å². The van der Waals surface area contributed by atoms with E-state index < -0.39 is 11.3 Å². The molecular weight excluding hydrogens is 174 g/mol. The Bertz CT molecular complexity index is 248. The maximum atomic E-state index is 10.1. The van der Waals surface area contributed by atoms with Gasteiger partial charge >= 0.3 is 0 Å². The lowest BCUT2D eigenvalue weighted by Crippen LogP contribution is -2.01. The normalized spacial score (nSPS) is 12.9. The standard InChI is InChI=1S/C3H5N3O2S2/c4-3-5-2(1-9-3)6-10(7)8/h1,6H,(H2,4,5)(H,7,8). The molecule has 5 nitrogen and oxygen atoms in total. The van der Waals surface area contributed by atoms with Crippen molar-refractivity contribution in [2.24, 2.45) is 0 Å². The summed E-state index contributed by atoms with van der Waals surface area (Å²) in [6.07, 6.45) is 0. The predicted molar refractivity (Wildman–Crippen MR) is 40.9 cm³/mol. The monoisotopic (exact) mass is 179 g/mol. The second-order valence-electron chi connectivity index (χ2n) is 1.42. The maximum Gasteiger partial charge on any atom is 0.260 e. The van der Waals surface area contributed by atoms with Crippen LogP contribution < -0.4 is 10.5 Å². The number of nitrogens with zero attached hydrogens (tertiary/aromatic N) is 1. The first-order valence-electron chi connectivity index (χ1n) is 2.27. The van der Waals surface area contributed by atoms with Crippen molar-refractivity contribution in [2.45, 2.75) is 0 Å². The number of rotatable bonds is 2. The van der Waals surface area contributed by atoms with Gasteiger partial charge in [-0.05, 0) is 0 Å². The highest BCUT2D eigenvalue weighted by atomic mass is 32.2. The van der Waals surface area contributed by atoms with Crippen LogP contribution >= 0.6 is 11.3 Å². The minimum atomic E-state index is -2.06. The molecule has 10 heavy (non-hydrogen) atoms. The number of nitrogens with two attached hydrogens (primary N) is 1. The summed E-state index contributed by atoms with van der Waals surface area (Å²) in [5.41, 5.74) is 5.24. The van der Waals surface area contributed by atoms with Crippen LogP contribution in [0.4, 0.5) is 10.9 Å². The Balaban J connectivity index is 2.67. The topological polar surface area (TPSA) is 88.2 Å². The number of hydrogen-bond donors (Lipinski definition) is 3. The Morgan fingerprint density at radius 2 is 2.60 bits per heavy atom. The third kappa shape index (κ3) is 1.94. The first kappa shape index (κ1) is 7.45. The summed E-state index contributed by atoms with van der Waals surface area (Å²) in [6, 6.07) is 0. The third-order valence-electron chi connectivity index (χ3n) is 0.714. The van der Waals surface area contributed by atoms with Crippen LogP contribution in [-0.4, -0.2) is 13.7 Å². The molecule has 0 saturated carbocycles. The van der Waals surface area contributed by atoms with Gasteiger partial charge in [0.1, 0.15) is 0 Å². The van der Waals surface area contributed by atoms with E-state index in [2.05, 4.69) is 9.71 Å². The van der Waals surface area contributed by atoms with Crippen LogP contribution in [-0.2, 0) is 11.3 Å². The quantitative estimate of drug-likeness (QED) is 0.569. The number of nitrogens with one attached hydrogen (secondary N) is 1. The van der Waals surface area contributed by atoms with E-state index in [1.165, 1.54) is 11.3 Å². The van der Waals surface area contributed by atoms with Gasteiger partial charge in [-0.3, -0.25) is 9.27 Å². The van der Waals surface area contributed by atoms with Gasteiger partial charge in [0, 0.05) is 5.38 Å². The molecule has 0 fully saturated rings. The predicted octanol–water partition coefficient (Wildman–Crippen LogP) is 0.274. The van der Waals surface area contributed by atoms with E-state index in [-0.39, 0.29) is 0 Å². The van der Waals surface area contributed by atoms with Crippen LogP contribution in [0.2, 0.25) is 0 Å². The summed E-state index contributed by atoms with van der Waals surface area (Å²) in [4.78, 5) is 3.68. The first-order chi connectivity index (χ1) is 4.68. The van der Waals surface area contributed by atoms with Crippen molar-refractivity contribution in [2.75, 3.05) is 10.5 Å². The molecule has 1 heterocycles. The molecule has 0 aliphatic carbocycles. The summed E-state index contributed by atoms with van der Waals surface area (Å²) < 4.78 is 20.6. The molecular formula is C3H5N3O2S2. The molecule has 56 valence electrons. The molecule has 1 unspecified atom stereocenters. The Morgan fingerprint density at radius 3 is 3.00 bits per heavy atom. The van der Waals surface area contributed by atoms with Crippen molar-refractivity contribution in [3.05, 3.63) is 5.38 Å². The smallest absolute Gasteiger partial charge is 0.260 e. The number of thiazole rings is 1. The summed E-state index contributed by atoms with van der Waals surface area (Å²) in [6.45, 7) is 0. The summed E-state index contributed by atoms with van der Waals surface area (Å²) in [5, 5.41) is 1.93. The fraction of sp³-hybridized carbons (Fsp3) is 0. The Labute approximate surface area is 63.7 Å². The van der Waals surface area contributed by atoms with Crippen LogP contribution in [0.25, 0.3) is 0 Å². The van der Waals surface area contributed by atoms with E-state index in [1.54, 1.807) is 5.38 Å². The first-order valence-corrected chi connectivity index (χ1v) is 4.25. The third-order valence-corrected chi connectivity index (χ3v) is 1.77. The molecule has 0 aliphatic rings. The molecule has 0 aromatic carbocycles. The lowest BCUT2D eigenvalue weighted by atomic mass is 10.8. The second kappa shape index (κ2) is 2.95. The molecule has 4 N–H and O–H groups in total. The van der Waals surface area contributed by atoms with Gasteiger partial charge in [0.2, 0.25) is 0 Å². The molecule has 0 bridgehead atoms. The molecule has 0 radical (unpaired) electrons. The minimum Gasteiger partial charge on any atom is -0.375 e. The van der Waals surface area contributed by atoms with Crippen LogP contribution in [0.3, 0.4) is 0 Å². The SMILES string of the molecule is Nc1nc(NS(=O)O)cs1. The molecule has 0 saturated heterocycles. The van der Waals surface area contributed by atoms with E-state index in [9.17, 15) is 4.21 Å². The average Bonchev–Trinajstić information content (AvgIpc) is 2.13. The van der Waals surface area contributed by atoms with Gasteiger partial charge in [0.05, 0.1) is 0 Å². The molecule has 0 aliphatic heterocycles. The Morgan fingerprint density at radius 1 is 1.90 bits per heavy atom. The molecule has 0 spiro atoms. The van der Waals surface area contributed by atoms with Crippen molar-refractivity contribution in [1.29, 1.82) is 0 Å². The summed E-state index contributed by atoms with van der Waals surface area (Å²) in [7, 11) is 0. The fourth-order valence-electron chi connectivity index (χ4n) is 0.424. The molecule has 1 aromatic heterocycles. The van der Waals surface area contributed by atoms with Crippen LogP contribution in [0, 0.1) is 0 Å². The lowest BCUT2D eigenvalue weighted by molar-refractivity contribution is 0.570.